The van der Waals surface area contributed by atoms with Crippen LogP contribution in [-0.2, 0) is 0 Å². The molecular formula is C61H41N3. The van der Waals surface area contributed by atoms with Crippen LogP contribution in [0, 0.1) is 0 Å². The molecule has 0 bridgehead atoms. The highest BCUT2D eigenvalue weighted by molar-refractivity contribution is 6.08. The first-order chi connectivity index (χ1) is 31.7. The predicted molar refractivity (Wildman–Crippen MR) is 266 cm³/mol. The van der Waals surface area contributed by atoms with Crippen molar-refractivity contribution in [1.29, 1.82) is 0 Å². The first kappa shape index (κ1) is 38.4. The Morgan fingerprint density at radius 1 is 0.188 bits per heavy atom. The summed E-state index contributed by atoms with van der Waals surface area (Å²) < 4.78 is 0. The van der Waals surface area contributed by atoms with Gasteiger partial charge in [-0.15, -0.1) is 0 Å². The first-order valence-electron chi connectivity index (χ1n) is 21.7. The van der Waals surface area contributed by atoms with Crippen molar-refractivity contribution < 1.29 is 0 Å². The van der Waals surface area contributed by atoms with E-state index in [1.54, 1.807) is 0 Å². The van der Waals surface area contributed by atoms with Gasteiger partial charge in [-0.1, -0.05) is 224 Å². The topological polar surface area (TPSA) is 38.7 Å². The molecular weight excluding hydrogens is 775 g/mol. The maximum atomic E-state index is 5.23. The van der Waals surface area contributed by atoms with Crippen LogP contribution in [0.2, 0.25) is 0 Å². The zero-order valence-electron chi connectivity index (χ0n) is 35.0. The Hall–Kier alpha value is -8.53. The largest absolute Gasteiger partial charge is 0.208 e. The van der Waals surface area contributed by atoms with E-state index in [0.29, 0.717) is 17.5 Å². The van der Waals surface area contributed by atoms with Crippen LogP contribution in [-0.4, -0.2) is 15.0 Å². The first-order valence-corrected chi connectivity index (χ1v) is 21.7. The maximum Gasteiger partial charge on any atom is 0.164 e. The lowest BCUT2D eigenvalue weighted by molar-refractivity contribution is 1.07. The van der Waals surface area contributed by atoms with E-state index < -0.39 is 0 Å². The summed E-state index contributed by atoms with van der Waals surface area (Å²) in [4.78, 5) is 15.5. The van der Waals surface area contributed by atoms with Crippen molar-refractivity contribution in [3.05, 3.63) is 249 Å². The fourth-order valence-corrected chi connectivity index (χ4v) is 8.91. The van der Waals surface area contributed by atoms with Gasteiger partial charge in [-0.2, -0.15) is 0 Å². The Balaban J connectivity index is 1.20. The molecule has 0 N–H and O–H groups in total. The van der Waals surface area contributed by atoms with Gasteiger partial charge in [0.15, 0.2) is 17.5 Å². The van der Waals surface area contributed by atoms with Gasteiger partial charge in [0.05, 0.1) is 0 Å². The molecule has 11 rings (SSSR count). The van der Waals surface area contributed by atoms with E-state index in [1.807, 2.05) is 36.4 Å². The van der Waals surface area contributed by atoms with Gasteiger partial charge in [-0.25, -0.2) is 15.0 Å². The van der Waals surface area contributed by atoms with E-state index in [0.717, 1.165) is 66.4 Å². The van der Waals surface area contributed by atoms with Crippen molar-refractivity contribution >= 4 is 10.8 Å². The van der Waals surface area contributed by atoms with Crippen LogP contribution < -0.4 is 0 Å². The molecule has 0 aliphatic heterocycles. The minimum Gasteiger partial charge on any atom is -0.208 e. The molecule has 3 heteroatoms. The summed E-state index contributed by atoms with van der Waals surface area (Å²) in [5.74, 6) is 1.88. The van der Waals surface area contributed by atoms with Gasteiger partial charge in [-0.05, 0) is 102 Å². The summed E-state index contributed by atoms with van der Waals surface area (Å²) >= 11 is 0. The highest BCUT2D eigenvalue weighted by Gasteiger charge is 2.24. The van der Waals surface area contributed by atoms with Crippen molar-refractivity contribution in [2.75, 3.05) is 0 Å². The fraction of sp³-hybridized carbons (Fsp3) is 0. The fourth-order valence-electron chi connectivity index (χ4n) is 8.91. The van der Waals surface area contributed by atoms with Crippen LogP contribution in [0.3, 0.4) is 0 Å². The Morgan fingerprint density at radius 2 is 0.516 bits per heavy atom. The van der Waals surface area contributed by atoms with Crippen LogP contribution >= 0.6 is 0 Å². The van der Waals surface area contributed by atoms with Crippen molar-refractivity contribution in [3.63, 3.8) is 0 Å². The van der Waals surface area contributed by atoms with E-state index in [2.05, 4.69) is 212 Å². The van der Waals surface area contributed by atoms with Crippen molar-refractivity contribution in [2.24, 2.45) is 0 Å². The quantitative estimate of drug-likeness (QED) is 0.146. The average Bonchev–Trinajstić information content (AvgIpc) is 3.39. The summed E-state index contributed by atoms with van der Waals surface area (Å²) in [6.07, 6.45) is 0. The minimum atomic E-state index is 0.619. The van der Waals surface area contributed by atoms with Gasteiger partial charge in [0.1, 0.15) is 0 Å². The van der Waals surface area contributed by atoms with Crippen LogP contribution in [0.15, 0.2) is 249 Å². The molecule has 1 heterocycles. The molecule has 0 aliphatic rings. The molecule has 64 heavy (non-hydrogen) atoms. The van der Waals surface area contributed by atoms with Gasteiger partial charge in [0.25, 0.3) is 0 Å². The minimum absolute atomic E-state index is 0.619. The Bertz CT molecular complexity index is 3330. The number of nitrogens with zero attached hydrogens (tertiary/aromatic N) is 3. The van der Waals surface area contributed by atoms with Crippen molar-refractivity contribution in [1.82, 2.24) is 15.0 Å². The summed E-state index contributed by atoms with van der Waals surface area (Å²) in [7, 11) is 0. The molecule has 11 aromatic rings. The molecule has 0 fully saturated rings. The molecule has 300 valence electrons. The van der Waals surface area contributed by atoms with Gasteiger partial charge >= 0.3 is 0 Å². The Labute approximate surface area is 373 Å². The molecule has 0 atom stereocenters. The number of hydrogen-bond acceptors (Lipinski definition) is 3. The smallest absolute Gasteiger partial charge is 0.164 e. The third-order valence-electron chi connectivity index (χ3n) is 11.9. The molecule has 1 aromatic heterocycles. The maximum absolute atomic E-state index is 5.23. The third-order valence-corrected chi connectivity index (χ3v) is 11.9. The van der Waals surface area contributed by atoms with Gasteiger partial charge < -0.3 is 0 Å². The molecule has 0 amide bonds. The van der Waals surface area contributed by atoms with Crippen LogP contribution in [0.25, 0.3) is 112 Å². The zero-order chi connectivity index (χ0) is 42.7. The summed E-state index contributed by atoms with van der Waals surface area (Å²) in [6.45, 7) is 0. The van der Waals surface area contributed by atoms with Gasteiger partial charge in [0, 0.05) is 16.7 Å². The second-order valence-electron chi connectivity index (χ2n) is 15.9. The molecule has 0 radical (unpaired) electrons. The lowest BCUT2D eigenvalue weighted by Gasteiger charge is -2.24. The summed E-state index contributed by atoms with van der Waals surface area (Å²) in [5, 5.41) is 2.26. The molecule has 0 unspecified atom stereocenters. The number of rotatable bonds is 9. The normalized spacial score (nSPS) is 11.1. The van der Waals surface area contributed by atoms with Crippen molar-refractivity contribution in [3.8, 4) is 101 Å². The molecule has 0 aliphatic carbocycles. The van der Waals surface area contributed by atoms with Crippen LogP contribution in [0.5, 0.6) is 0 Å². The average molecular weight is 816 g/mol. The van der Waals surface area contributed by atoms with E-state index >= 15 is 0 Å². The molecule has 10 aromatic carbocycles. The number of fused-ring (bicyclic) bond motifs is 1. The number of hydrogen-bond donors (Lipinski definition) is 0. The Kier molecular flexibility index (Phi) is 10.3. The lowest BCUT2D eigenvalue weighted by Crippen LogP contribution is -2.01. The van der Waals surface area contributed by atoms with Gasteiger partial charge in [0.2, 0.25) is 0 Å². The lowest BCUT2D eigenvalue weighted by atomic mass is 9.78. The second-order valence-corrected chi connectivity index (χ2v) is 15.9. The standard InChI is InChI=1S/C61H41N3/c1-7-22-42(23-8-1)53-41-54(57(44-26-11-3-12-27-44)58(45-28-13-4-14-29-45)56(53)43-24-9-2-10-25-43)51-37-21-36-50(38-51)52-39-48-34-19-20-35-49(48)40-55(52)61-63-59(46-30-15-5-16-31-46)62-60(64-61)47-32-17-6-18-33-47/h1-41H. The highest BCUT2D eigenvalue weighted by Crippen LogP contribution is 2.51. The summed E-state index contributed by atoms with van der Waals surface area (Å²) in [5.41, 5.74) is 16.5. The van der Waals surface area contributed by atoms with E-state index in [-0.39, 0.29) is 0 Å². The molecule has 0 spiro atoms. The molecule has 0 saturated heterocycles. The SMILES string of the molecule is c1ccc(-c2nc(-c3ccccc3)nc(-c3cc4ccccc4cc3-c3cccc(-c4cc(-c5ccccc5)c(-c5ccccc5)c(-c5ccccc5)c4-c4ccccc4)c3)n2)cc1. The second kappa shape index (κ2) is 17.1. The zero-order valence-corrected chi connectivity index (χ0v) is 35.0. The van der Waals surface area contributed by atoms with Crippen LogP contribution in [0.1, 0.15) is 0 Å². The third kappa shape index (κ3) is 7.46. The predicted octanol–water partition coefficient (Wildman–Crippen LogP) is 16.0. The number of aromatic nitrogens is 3. The van der Waals surface area contributed by atoms with E-state index in [4.69, 9.17) is 15.0 Å². The van der Waals surface area contributed by atoms with E-state index in [1.165, 1.54) is 27.8 Å². The Morgan fingerprint density at radius 3 is 0.984 bits per heavy atom. The highest BCUT2D eigenvalue weighted by atomic mass is 15.0. The van der Waals surface area contributed by atoms with Gasteiger partial charge in [-0.3, -0.25) is 0 Å². The number of benzene rings is 10. The van der Waals surface area contributed by atoms with E-state index in [9.17, 15) is 0 Å². The summed E-state index contributed by atoms with van der Waals surface area (Å²) in [6, 6.07) is 88.2. The van der Waals surface area contributed by atoms with Crippen LogP contribution in [0.4, 0.5) is 0 Å². The molecule has 3 nitrogen and oxygen atoms in total. The molecule has 0 saturated carbocycles. The monoisotopic (exact) mass is 815 g/mol. The van der Waals surface area contributed by atoms with Crippen molar-refractivity contribution in [2.45, 2.75) is 0 Å².